The molecule has 0 aliphatic carbocycles. The fourth-order valence-corrected chi connectivity index (χ4v) is 2.37. The zero-order valence-electron chi connectivity index (χ0n) is 11.3. The topological polar surface area (TPSA) is 99.5 Å². The van der Waals surface area contributed by atoms with Crippen molar-refractivity contribution in [3.8, 4) is 11.6 Å². The van der Waals surface area contributed by atoms with E-state index in [4.69, 9.17) is 0 Å². The van der Waals surface area contributed by atoms with Crippen LogP contribution in [0.3, 0.4) is 0 Å². The van der Waals surface area contributed by atoms with E-state index in [9.17, 15) is 14.7 Å². The number of imidazole rings is 1. The van der Waals surface area contributed by atoms with Gasteiger partial charge in [-0.1, -0.05) is 19.1 Å². The van der Waals surface area contributed by atoms with Gasteiger partial charge in [0.1, 0.15) is 0 Å². The lowest BCUT2D eigenvalue weighted by molar-refractivity contribution is -0.121. The summed E-state index contributed by atoms with van der Waals surface area (Å²) in [7, 11) is 0. The smallest absolute Gasteiger partial charge is 0.332 e. The van der Waals surface area contributed by atoms with Gasteiger partial charge in [0.05, 0.1) is 17.6 Å². The monoisotopic (exact) mass is 286 g/mol. The number of hydrogen-bond donors (Lipinski definition) is 3. The largest absolute Gasteiger partial charge is 0.493 e. The summed E-state index contributed by atoms with van der Waals surface area (Å²) in [4.78, 5) is 25.1. The molecular formula is C14H14N4O3. The highest BCUT2D eigenvalue weighted by molar-refractivity contribution is 6.05. The van der Waals surface area contributed by atoms with Gasteiger partial charge < -0.3 is 5.11 Å². The Labute approximate surface area is 119 Å². The Morgan fingerprint density at radius 1 is 1.29 bits per heavy atom. The lowest BCUT2D eigenvalue weighted by Gasteiger charge is -2.19. The SMILES string of the molecule is CC1CC(=O)NN=C1c1ccc(-n2cc(O)[nH]c2=O)cc1. The Balaban J connectivity index is 1.93. The van der Waals surface area contributed by atoms with Gasteiger partial charge in [-0.3, -0.25) is 14.3 Å². The van der Waals surface area contributed by atoms with Crippen LogP contribution >= 0.6 is 0 Å². The number of H-pyrrole nitrogens is 1. The number of hydrogen-bond acceptors (Lipinski definition) is 4. The minimum absolute atomic E-state index is 0.0450. The van der Waals surface area contributed by atoms with Crippen molar-refractivity contribution in [2.75, 3.05) is 0 Å². The zero-order valence-corrected chi connectivity index (χ0v) is 11.3. The number of benzene rings is 1. The van der Waals surface area contributed by atoms with Crippen LogP contribution in [0, 0.1) is 5.92 Å². The van der Waals surface area contributed by atoms with Crippen molar-refractivity contribution in [3.05, 3.63) is 46.5 Å². The molecule has 3 rings (SSSR count). The first-order chi connectivity index (χ1) is 10.0. The van der Waals surface area contributed by atoms with E-state index in [-0.39, 0.29) is 17.7 Å². The molecule has 1 aliphatic heterocycles. The van der Waals surface area contributed by atoms with Crippen molar-refractivity contribution in [1.29, 1.82) is 0 Å². The molecular weight excluding hydrogens is 272 g/mol. The Morgan fingerprint density at radius 2 is 2.00 bits per heavy atom. The first kappa shape index (κ1) is 13.2. The normalized spacial score (nSPS) is 18.2. The number of amides is 1. The second kappa shape index (κ2) is 4.93. The average Bonchev–Trinajstić information content (AvgIpc) is 2.78. The van der Waals surface area contributed by atoms with Gasteiger partial charge in [-0.2, -0.15) is 5.10 Å². The van der Waals surface area contributed by atoms with Gasteiger partial charge in [0, 0.05) is 12.3 Å². The molecule has 1 aromatic heterocycles. The predicted molar refractivity (Wildman–Crippen MR) is 76.5 cm³/mol. The summed E-state index contributed by atoms with van der Waals surface area (Å²) < 4.78 is 1.31. The second-order valence-corrected chi connectivity index (χ2v) is 5.00. The van der Waals surface area contributed by atoms with Gasteiger partial charge in [-0.25, -0.2) is 10.2 Å². The molecule has 1 amide bonds. The summed E-state index contributed by atoms with van der Waals surface area (Å²) in [6.07, 6.45) is 1.73. The number of rotatable bonds is 2. The second-order valence-electron chi connectivity index (χ2n) is 5.00. The van der Waals surface area contributed by atoms with Crippen LogP contribution in [0.5, 0.6) is 5.88 Å². The number of aromatic nitrogens is 2. The van der Waals surface area contributed by atoms with Crippen molar-refractivity contribution in [2.45, 2.75) is 13.3 Å². The summed E-state index contributed by atoms with van der Waals surface area (Å²) in [5.74, 6) is -0.224. The van der Waals surface area contributed by atoms with E-state index in [1.54, 1.807) is 12.1 Å². The third-order valence-corrected chi connectivity index (χ3v) is 3.41. The van der Waals surface area contributed by atoms with Crippen LogP contribution in [-0.2, 0) is 4.79 Å². The highest BCUT2D eigenvalue weighted by Crippen LogP contribution is 2.18. The quantitative estimate of drug-likeness (QED) is 0.758. The summed E-state index contributed by atoms with van der Waals surface area (Å²) in [5, 5.41) is 13.4. The number of aromatic amines is 1. The summed E-state index contributed by atoms with van der Waals surface area (Å²) in [5.41, 5.74) is 4.40. The van der Waals surface area contributed by atoms with Crippen molar-refractivity contribution in [2.24, 2.45) is 11.0 Å². The standard InChI is InChI=1S/C14H14N4O3/c1-8-6-11(19)16-17-13(8)9-2-4-10(5-3-9)18-7-12(20)15-14(18)21/h2-5,7-8,20H,6H2,1H3,(H,15,21)(H,16,19). The maximum atomic E-state index is 11.6. The summed E-state index contributed by atoms with van der Waals surface area (Å²) in [6, 6.07) is 7.18. The number of carbonyl (C=O) groups excluding carboxylic acids is 1. The Morgan fingerprint density at radius 3 is 2.57 bits per heavy atom. The van der Waals surface area contributed by atoms with E-state index in [0.29, 0.717) is 12.1 Å². The minimum atomic E-state index is -0.407. The van der Waals surface area contributed by atoms with E-state index in [2.05, 4.69) is 15.5 Å². The molecule has 7 heteroatoms. The van der Waals surface area contributed by atoms with Crippen LogP contribution in [0.15, 0.2) is 40.4 Å². The molecule has 0 saturated carbocycles. The molecule has 1 unspecified atom stereocenters. The van der Waals surface area contributed by atoms with E-state index in [1.165, 1.54) is 10.8 Å². The molecule has 0 spiro atoms. The fourth-order valence-electron chi connectivity index (χ4n) is 2.37. The highest BCUT2D eigenvalue weighted by Gasteiger charge is 2.21. The summed E-state index contributed by atoms with van der Waals surface area (Å²) >= 11 is 0. The zero-order chi connectivity index (χ0) is 15.0. The molecule has 3 N–H and O–H groups in total. The van der Waals surface area contributed by atoms with Crippen molar-refractivity contribution in [3.63, 3.8) is 0 Å². The third-order valence-electron chi connectivity index (χ3n) is 3.41. The molecule has 2 aromatic rings. The predicted octanol–water partition coefficient (Wildman–Crippen LogP) is 0.731. The van der Waals surface area contributed by atoms with Crippen molar-refractivity contribution in [1.82, 2.24) is 15.0 Å². The third kappa shape index (κ3) is 2.45. The lowest BCUT2D eigenvalue weighted by atomic mass is 9.94. The molecule has 0 fully saturated rings. The Hall–Kier alpha value is -2.83. The highest BCUT2D eigenvalue weighted by atomic mass is 16.3. The van der Waals surface area contributed by atoms with Gasteiger partial charge in [0.15, 0.2) is 0 Å². The molecule has 1 aromatic carbocycles. The van der Waals surface area contributed by atoms with Gasteiger partial charge in [0.2, 0.25) is 11.8 Å². The molecule has 0 bridgehead atoms. The van der Waals surface area contributed by atoms with Gasteiger partial charge >= 0.3 is 5.69 Å². The Bertz CT molecular complexity index is 770. The molecule has 0 saturated heterocycles. The molecule has 2 heterocycles. The number of aromatic hydroxyl groups is 1. The van der Waals surface area contributed by atoms with Crippen LogP contribution in [-0.4, -0.2) is 26.3 Å². The molecule has 1 atom stereocenters. The van der Waals surface area contributed by atoms with Crippen LogP contribution < -0.4 is 11.1 Å². The van der Waals surface area contributed by atoms with Crippen molar-refractivity contribution < 1.29 is 9.90 Å². The molecule has 1 aliphatic rings. The van der Waals surface area contributed by atoms with Gasteiger partial charge in [-0.15, -0.1) is 0 Å². The van der Waals surface area contributed by atoms with Gasteiger partial charge in [0.25, 0.3) is 0 Å². The van der Waals surface area contributed by atoms with E-state index < -0.39 is 5.69 Å². The van der Waals surface area contributed by atoms with E-state index >= 15 is 0 Å². The van der Waals surface area contributed by atoms with Crippen LogP contribution in [0.25, 0.3) is 5.69 Å². The van der Waals surface area contributed by atoms with Crippen molar-refractivity contribution >= 4 is 11.6 Å². The van der Waals surface area contributed by atoms with E-state index in [1.807, 2.05) is 19.1 Å². The summed E-state index contributed by atoms with van der Waals surface area (Å²) in [6.45, 7) is 1.94. The van der Waals surface area contributed by atoms with Crippen LogP contribution in [0.1, 0.15) is 18.9 Å². The first-order valence-corrected chi connectivity index (χ1v) is 6.52. The lowest BCUT2D eigenvalue weighted by Crippen LogP contribution is -2.31. The number of hydrazone groups is 1. The number of nitrogens with zero attached hydrogens (tertiary/aromatic N) is 2. The molecule has 21 heavy (non-hydrogen) atoms. The van der Waals surface area contributed by atoms with E-state index in [0.717, 1.165) is 11.3 Å². The number of carbonyl (C=O) groups is 1. The maximum absolute atomic E-state index is 11.6. The minimum Gasteiger partial charge on any atom is -0.493 e. The van der Waals surface area contributed by atoms with Crippen LogP contribution in [0.4, 0.5) is 0 Å². The van der Waals surface area contributed by atoms with Crippen LogP contribution in [0.2, 0.25) is 0 Å². The first-order valence-electron chi connectivity index (χ1n) is 6.52. The molecule has 0 radical (unpaired) electrons. The average molecular weight is 286 g/mol. The molecule has 108 valence electrons. The number of nitrogens with one attached hydrogen (secondary N) is 2. The molecule has 7 nitrogen and oxygen atoms in total. The Kier molecular flexibility index (Phi) is 3.09. The fraction of sp³-hybridized carbons (Fsp3) is 0.214. The van der Waals surface area contributed by atoms with Gasteiger partial charge in [-0.05, 0) is 17.7 Å². The maximum Gasteiger partial charge on any atom is 0.332 e.